The summed E-state index contributed by atoms with van der Waals surface area (Å²) in [7, 11) is 0. The maximum atomic E-state index is 12.6. The van der Waals surface area contributed by atoms with Crippen molar-refractivity contribution in [3.05, 3.63) is 34.2 Å². The average Bonchev–Trinajstić information content (AvgIpc) is 2.72. The Morgan fingerprint density at radius 2 is 2.18 bits per heavy atom. The summed E-state index contributed by atoms with van der Waals surface area (Å²) in [6, 6.07) is 3.09. The van der Waals surface area contributed by atoms with Gasteiger partial charge in [0.15, 0.2) is 0 Å². The Balaban J connectivity index is 1.78. The first-order valence-corrected chi connectivity index (χ1v) is 8.18. The lowest BCUT2D eigenvalue weighted by atomic mass is 9.69. The second-order valence-electron chi connectivity index (χ2n) is 6.75. The molecule has 22 heavy (non-hydrogen) atoms. The highest BCUT2D eigenvalue weighted by atomic mass is 16.3. The van der Waals surface area contributed by atoms with Crippen LogP contribution >= 0.6 is 0 Å². The molecule has 1 N–H and O–H groups in total. The minimum atomic E-state index is -0.758. The van der Waals surface area contributed by atoms with E-state index in [1.165, 1.54) is 12.5 Å². The second kappa shape index (κ2) is 5.54. The van der Waals surface area contributed by atoms with Crippen LogP contribution in [0.4, 0.5) is 0 Å². The van der Waals surface area contributed by atoms with E-state index in [4.69, 9.17) is 0 Å². The molecule has 0 bridgehead atoms. The molecule has 0 radical (unpaired) electrons. The SMILES string of the molecule is CCn1ccc(C(=O)N2C[C@@H](C)[C@](O)(C3CCC3)C2)cc1=O. The summed E-state index contributed by atoms with van der Waals surface area (Å²) in [6.07, 6.45) is 4.93. The summed E-state index contributed by atoms with van der Waals surface area (Å²) < 4.78 is 1.56. The minimum absolute atomic E-state index is 0.0813. The maximum absolute atomic E-state index is 12.6. The Kier molecular flexibility index (Phi) is 3.85. The average molecular weight is 304 g/mol. The molecule has 1 aliphatic carbocycles. The molecular weight excluding hydrogens is 280 g/mol. The monoisotopic (exact) mass is 304 g/mol. The van der Waals surface area contributed by atoms with Crippen LogP contribution in [0.25, 0.3) is 0 Å². The zero-order valence-corrected chi connectivity index (χ0v) is 13.3. The molecule has 1 amide bonds. The molecule has 1 saturated heterocycles. The third kappa shape index (κ3) is 2.37. The van der Waals surface area contributed by atoms with Crippen LogP contribution in [0.3, 0.4) is 0 Å². The van der Waals surface area contributed by atoms with Gasteiger partial charge in [0.1, 0.15) is 0 Å². The Morgan fingerprint density at radius 3 is 2.73 bits per heavy atom. The molecule has 0 unspecified atom stereocenters. The van der Waals surface area contributed by atoms with Gasteiger partial charge in [0, 0.05) is 36.8 Å². The molecule has 2 aliphatic rings. The van der Waals surface area contributed by atoms with E-state index in [2.05, 4.69) is 0 Å². The Morgan fingerprint density at radius 1 is 1.45 bits per heavy atom. The lowest BCUT2D eigenvalue weighted by Gasteiger charge is -2.41. The van der Waals surface area contributed by atoms with Crippen LogP contribution in [0.1, 0.15) is 43.5 Å². The van der Waals surface area contributed by atoms with Crippen LogP contribution in [0.5, 0.6) is 0 Å². The highest BCUT2D eigenvalue weighted by Crippen LogP contribution is 2.44. The van der Waals surface area contributed by atoms with Crippen LogP contribution in [0, 0.1) is 11.8 Å². The maximum Gasteiger partial charge on any atom is 0.254 e. The van der Waals surface area contributed by atoms with Gasteiger partial charge in [-0.3, -0.25) is 9.59 Å². The van der Waals surface area contributed by atoms with Crippen molar-refractivity contribution >= 4 is 5.91 Å². The summed E-state index contributed by atoms with van der Waals surface area (Å²) in [5, 5.41) is 10.9. The zero-order valence-electron chi connectivity index (χ0n) is 13.3. The van der Waals surface area contributed by atoms with Gasteiger partial charge < -0.3 is 14.6 Å². The van der Waals surface area contributed by atoms with E-state index in [0.717, 1.165) is 12.8 Å². The van der Waals surface area contributed by atoms with Crippen molar-refractivity contribution in [3.8, 4) is 0 Å². The van der Waals surface area contributed by atoms with Crippen molar-refractivity contribution in [3.63, 3.8) is 0 Å². The second-order valence-corrected chi connectivity index (χ2v) is 6.75. The molecular formula is C17H24N2O3. The number of aryl methyl sites for hydroxylation is 1. The minimum Gasteiger partial charge on any atom is -0.387 e. The van der Waals surface area contributed by atoms with Gasteiger partial charge in [-0.15, -0.1) is 0 Å². The van der Waals surface area contributed by atoms with E-state index in [9.17, 15) is 14.7 Å². The van der Waals surface area contributed by atoms with Crippen LogP contribution in [0.15, 0.2) is 23.1 Å². The van der Waals surface area contributed by atoms with Gasteiger partial charge in [0.05, 0.1) is 12.1 Å². The number of carbonyl (C=O) groups excluding carboxylic acids is 1. The molecule has 2 heterocycles. The van der Waals surface area contributed by atoms with Gasteiger partial charge in [0.25, 0.3) is 11.5 Å². The first-order valence-electron chi connectivity index (χ1n) is 8.18. The number of hydrogen-bond acceptors (Lipinski definition) is 3. The van der Waals surface area contributed by atoms with Gasteiger partial charge in [-0.25, -0.2) is 0 Å². The van der Waals surface area contributed by atoms with Crippen molar-refractivity contribution in [2.45, 2.75) is 45.3 Å². The number of rotatable bonds is 3. The summed E-state index contributed by atoms with van der Waals surface area (Å²) in [4.78, 5) is 26.2. The smallest absolute Gasteiger partial charge is 0.254 e. The predicted molar refractivity (Wildman–Crippen MR) is 83.7 cm³/mol. The Bertz CT molecular complexity index is 635. The normalized spacial score (nSPS) is 28.7. The number of pyridine rings is 1. The number of β-amino-alcohol motifs (C(OH)–C–C–N with tert-alkyl or cyclic N) is 1. The first kappa shape index (κ1) is 15.3. The van der Waals surface area contributed by atoms with Gasteiger partial charge in [-0.1, -0.05) is 13.3 Å². The Hall–Kier alpha value is -1.62. The lowest BCUT2D eigenvalue weighted by Crippen LogP contribution is -2.48. The third-order valence-electron chi connectivity index (χ3n) is 5.47. The summed E-state index contributed by atoms with van der Waals surface area (Å²) in [5.74, 6) is 0.244. The molecule has 0 aromatic carbocycles. The fraction of sp³-hybridized carbons (Fsp3) is 0.647. The number of nitrogens with zero attached hydrogens (tertiary/aromatic N) is 2. The molecule has 2 atom stereocenters. The standard InChI is InChI=1S/C17H24N2O3/c1-3-18-8-7-13(9-15(18)20)16(21)19-10-12(2)17(22,11-19)14-5-4-6-14/h7-9,12,14,22H,3-6,10-11H2,1-2H3/t12-,17+/m1/s1. The predicted octanol–water partition coefficient (Wildman–Crippen LogP) is 1.49. The molecule has 1 saturated carbocycles. The fourth-order valence-corrected chi connectivity index (χ4v) is 3.69. The number of aliphatic hydroxyl groups is 1. The molecule has 1 aliphatic heterocycles. The molecule has 5 heteroatoms. The molecule has 3 rings (SSSR count). The number of likely N-dealkylation sites (tertiary alicyclic amines) is 1. The quantitative estimate of drug-likeness (QED) is 0.920. The van der Waals surface area contributed by atoms with Gasteiger partial charge in [-0.05, 0) is 31.7 Å². The number of amides is 1. The van der Waals surface area contributed by atoms with E-state index in [1.807, 2.05) is 13.8 Å². The van der Waals surface area contributed by atoms with Gasteiger partial charge >= 0.3 is 0 Å². The van der Waals surface area contributed by atoms with E-state index in [0.29, 0.717) is 31.1 Å². The van der Waals surface area contributed by atoms with E-state index in [1.54, 1.807) is 21.7 Å². The van der Waals surface area contributed by atoms with E-state index >= 15 is 0 Å². The highest BCUT2D eigenvalue weighted by molar-refractivity contribution is 5.94. The van der Waals surface area contributed by atoms with Gasteiger partial charge in [-0.2, -0.15) is 0 Å². The van der Waals surface area contributed by atoms with Crippen LogP contribution in [-0.2, 0) is 6.54 Å². The number of carbonyl (C=O) groups is 1. The first-order chi connectivity index (χ1) is 10.5. The van der Waals surface area contributed by atoms with Gasteiger partial charge in [0.2, 0.25) is 0 Å². The van der Waals surface area contributed by atoms with Crippen molar-refractivity contribution < 1.29 is 9.90 Å². The van der Waals surface area contributed by atoms with Crippen LogP contribution in [0.2, 0.25) is 0 Å². The molecule has 120 valence electrons. The molecule has 1 aromatic rings. The topological polar surface area (TPSA) is 62.5 Å². The number of aromatic nitrogens is 1. The lowest BCUT2D eigenvalue weighted by molar-refractivity contribution is -0.0660. The molecule has 0 spiro atoms. The van der Waals surface area contributed by atoms with Crippen molar-refractivity contribution in [2.75, 3.05) is 13.1 Å². The summed E-state index contributed by atoms with van der Waals surface area (Å²) in [6.45, 7) is 5.44. The van der Waals surface area contributed by atoms with Crippen LogP contribution in [-0.4, -0.2) is 39.2 Å². The fourth-order valence-electron chi connectivity index (χ4n) is 3.69. The molecule has 1 aromatic heterocycles. The van der Waals surface area contributed by atoms with Crippen LogP contribution < -0.4 is 5.56 Å². The largest absolute Gasteiger partial charge is 0.387 e. The third-order valence-corrected chi connectivity index (χ3v) is 5.47. The zero-order chi connectivity index (χ0) is 15.9. The Labute approximate surface area is 130 Å². The van der Waals surface area contributed by atoms with Crippen molar-refractivity contribution in [1.82, 2.24) is 9.47 Å². The molecule has 5 nitrogen and oxygen atoms in total. The van der Waals surface area contributed by atoms with Crippen molar-refractivity contribution in [1.29, 1.82) is 0 Å². The molecule has 2 fully saturated rings. The van der Waals surface area contributed by atoms with E-state index < -0.39 is 5.60 Å². The van der Waals surface area contributed by atoms with Crippen molar-refractivity contribution in [2.24, 2.45) is 11.8 Å². The summed E-state index contributed by atoms with van der Waals surface area (Å²) in [5.41, 5.74) is -0.499. The van der Waals surface area contributed by atoms with E-state index in [-0.39, 0.29) is 17.4 Å². The number of hydrogen-bond donors (Lipinski definition) is 1. The highest BCUT2D eigenvalue weighted by Gasteiger charge is 2.51. The summed E-state index contributed by atoms with van der Waals surface area (Å²) >= 11 is 0.